The van der Waals surface area contributed by atoms with Crippen LogP contribution in [0.3, 0.4) is 0 Å². The third-order valence-corrected chi connectivity index (χ3v) is 3.98. The van der Waals surface area contributed by atoms with E-state index in [1.807, 2.05) is 32.9 Å². The highest BCUT2D eigenvalue weighted by Gasteiger charge is 2.24. The summed E-state index contributed by atoms with van der Waals surface area (Å²) < 4.78 is 5.58. The number of ether oxygens (including phenoxy) is 1. The summed E-state index contributed by atoms with van der Waals surface area (Å²) in [6, 6.07) is 8.15. The Hall–Kier alpha value is -1.15. The van der Waals surface area contributed by atoms with Gasteiger partial charge in [-0.05, 0) is 37.2 Å². The Balaban J connectivity index is 2.09. The summed E-state index contributed by atoms with van der Waals surface area (Å²) in [6.07, 6.45) is 3.60. The average Bonchev–Trinajstić information content (AvgIpc) is 2.33. The van der Waals surface area contributed by atoms with Crippen LogP contribution < -0.4 is 0 Å². The SMILES string of the molecule is CCOC(C(=O)c1ccc(C2CCC2)cc1)C(C)C. The molecule has 1 aromatic rings. The van der Waals surface area contributed by atoms with E-state index in [1.54, 1.807) is 0 Å². The fraction of sp³-hybridized carbons (Fsp3) is 0.588. The van der Waals surface area contributed by atoms with Crippen LogP contribution in [0.2, 0.25) is 0 Å². The predicted molar refractivity (Wildman–Crippen MR) is 77.6 cm³/mol. The van der Waals surface area contributed by atoms with Crippen molar-refractivity contribution in [2.75, 3.05) is 6.61 Å². The molecule has 0 N–H and O–H groups in total. The molecule has 2 heteroatoms. The van der Waals surface area contributed by atoms with Gasteiger partial charge in [-0.25, -0.2) is 0 Å². The van der Waals surface area contributed by atoms with Gasteiger partial charge in [0.15, 0.2) is 5.78 Å². The van der Waals surface area contributed by atoms with Gasteiger partial charge in [0.25, 0.3) is 0 Å². The molecule has 0 amide bonds. The molecule has 0 spiro atoms. The number of benzene rings is 1. The van der Waals surface area contributed by atoms with E-state index in [1.165, 1.54) is 24.8 Å². The normalized spacial score (nSPS) is 17.3. The number of hydrogen-bond donors (Lipinski definition) is 0. The number of Topliss-reactive ketones (excluding diaryl/α,β-unsaturated/α-hetero) is 1. The van der Waals surface area contributed by atoms with Crippen LogP contribution in [-0.4, -0.2) is 18.5 Å². The third kappa shape index (κ3) is 3.24. The van der Waals surface area contributed by atoms with Crippen molar-refractivity contribution in [3.63, 3.8) is 0 Å². The lowest BCUT2D eigenvalue weighted by Crippen LogP contribution is -2.29. The minimum atomic E-state index is -0.320. The molecule has 0 radical (unpaired) electrons. The average molecular weight is 260 g/mol. The highest BCUT2D eigenvalue weighted by Crippen LogP contribution is 2.36. The minimum Gasteiger partial charge on any atom is -0.370 e. The van der Waals surface area contributed by atoms with Crippen molar-refractivity contribution in [2.45, 2.75) is 52.1 Å². The van der Waals surface area contributed by atoms with Crippen molar-refractivity contribution in [1.82, 2.24) is 0 Å². The van der Waals surface area contributed by atoms with Crippen LogP contribution in [0.15, 0.2) is 24.3 Å². The van der Waals surface area contributed by atoms with Crippen molar-refractivity contribution < 1.29 is 9.53 Å². The molecule has 1 saturated carbocycles. The fourth-order valence-electron chi connectivity index (χ4n) is 2.58. The zero-order chi connectivity index (χ0) is 13.8. The largest absolute Gasteiger partial charge is 0.370 e. The fourth-order valence-corrected chi connectivity index (χ4v) is 2.58. The number of carbonyl (C=O) groups is 1. The molecule has 104 valence electrons. The van der Waals surface area contributed by atoms with Crippen LogP contribution >= 0.6 is 0 Å². The van der Waals surface area contributed by atoms with Crippen LogP contribution in [0.25, 0.3) is 0 Å². The first-order valence-corrected chi connectivity index (χ1v) is 7.39. The monoisotopic (exact) mass is 260 g/mol. The first-order chi connectivity index (χ1) is 9.13. The van der Waals surface area contributed by atoms with Gasteiger partial charge in [0.2, 0.25) is 0 Å². The molecule has 19 heavy (non-hydrogen) atoms. The van der Waals surface area contributed by atoms with E-state index in [0.717, 1.165) is 11.5 Å². The van der Waals surface area contributed by atoms with E-state index in [-0.39, 0.29) is 17.8 Å². The van der Waals surface area contributed by atoms with E-state index in [4.69, 9.17) is 4.74 Å². The Morgan fingerprint density at radius 2 is 1.89 bits per heavy atom. The minimum absolute atomic E-state index is 0.108. The van der Waals surface area contributed by atoms with Crippen molar-refractivity contribution in [2.24, 2.45) is 5.92 Å². The summed E-state index contributed by atoms with van der Waals surface area (Å²) in [5.74, 6) is 1.03. The molecule has 0 bridgehead atoms. The first kappa shape index (κ1) is 14.3. The smallest absolute Gasteiger partial charge is 0.191 e. The summed E-state index contributed by atoms with van der Waals surface area (Å²) in [5, 5.41) is 0. The molecule has 1 fully saturated rings. The Kier molecular flexibility index (Phi) is 4.76. The second kappa shape index (κ2) is 6.33. The number of hydrogen-bond acceptors (Lipinski definition) is 2. The Morgan fingerprint density at radius 3 is 2.32 bits per heavy atom. The zero-order valence-corrected chi connectivity index (χ0v) is 12.2. The molecule has 1 aliphatic rings. The van der Waals surface area contributed by atoms with Crippen LogP contribution in [0.4, 0.5) is 0 Å². The summed E-state index contributed by atoms with van der Waals surface area (Å²) in [6.45, 7) is 6.57. The lowest BCUT2D eigenvalue weighted by atomic mass is 9.80. The highest BCUT2D eigenvalue weighted by molar-refractivity contribution is 5.99. The molecular weight excluding hydrogens is 236 g/mol. The molecule has 0 heterocycles. The maximum atomic E-state index is 12.4. The summed E-state index contributed by atoms with van der Waals surface area (Å²) in [7, 11) is 0. The number of carbonyl (C=O) groups excluding carboxylic acids is 1. The standard InChI is InChI=1S/C17H24O2/c1-4-19-17(12(2)3)16(18)15-10-8-14(9-11-15)13-6-5-7-13/h8-13,17H,4-7H2,1-3H3. The maximum Gasteiger partial charge on any atom is 0.191 e. The van der Waals surface area contributed by atoms with Crippen molar-refractivity contribution in [3.05, 3.63) is 35.4 Å². The molecule has 0 aliphatic heterocycles. The molecule has 0 aromatic heterocycles. The first-order valence-electron chi connectivity index (χ1n) is 7.39. The number of rotatable bonds is 6. The molecule has 0 saturated heterocycles. The van der Waals surface area contributed by atoms with Gasteiger partial charge in [-0.2, -0.15) is 0 Å². The lowest BCUT2D eigenvalue weighted by Gasteiger charge is -2.26. The molecular formula is C17H24O2. The van der Waals surface area contributed by atoms with Crippen LogP contribution in [-0.2, 0) is 4.74 Å². The van der Waals surface area contributed by atoms with E-state index < -0.39 is 0 Å². The summed E-state index contributed by atoms with van der Waals surface area (Å²) >= 11 is 0. The lowest BCUT2D eigenvalue weighted by molar-refractivity contribution is 0.0279. The Labute approximate surface area is 116 Å². The maximum absolute atomic E-state index is 12.4. The van der Waals surface area contributed by atoms with Gasteiger partial charge in [0.1, 0.15) is 6.10 Å². The van der Waals surface area contributed by atoms with Gasteiger partial charge in [-0.1, -0.05) is 44.5 Å². The second-order valence-corrected chi connectivity index (χ2v) is 5.73. The molecule has 1 aliphatic carbocycles. The van der Waals surface area contributed by atoms with E-state index in [0.29, 0.717) is 6.61 Å². The van der Waals surface area contributed by atoms with Crippen LogP contribution in [0, 0.1) is 5.92 Å². The summed E-state index contributed by atoms with van der Waals surface area (Å²) in [5.41, 5.74) is 2.15. The van der Waals surface area contributed by atoms with Gasteiger partial charge in [0.05, 0.1) is 0 Å². The van der Waals surface area contributed by atoms with Crippen molar-refractivity contribution in [3.8, 4) is 0 Å². The number of ketones is 1. The predicted octanol–water partition coefficient (Wildman–Crippen LogP) is 4.20. The summed E-state index contributed by atoms with van der Waals surface area (Å²) in [4.78, 5) is 12.4. The van der Waals surface area contributed by atoms with Gasteiger partial charge >= 0.3 is 0 Å². The van der Waals surface area contributed by atoms with E-state index in [2.05, 4.69) is 12.1 Å². The van der Waals surface area contributed by atoms with Crippen molar-refractivity contribution in [1.29, 1.82) is 0 Å². The van der Waals surface area contributed by atoms with Crippen LogP contribution in [0.5, 0.6) is 0 Å². The molecule has 1 unspecified atom stereocenters. The van der Waals surface area contributed by atoms with Crippen molar-refractivity contribution >= 4 is 5.78 Å². The van der Waals surface area contributed by atoms with Crippen LogP contribution in [0.1, 0.15) is 61.9 Å². The van der Waals surface area contributed by atoms with E-state index in [9.17, 15) is 4.79 Å². The molecule has 2 nitrogen and oxygen atoms in total. The topological polar surface area (TPSA) is 26.3 Å². The second-order valence-electron chi connectivity index (χ2n) is 5.73. The van der Waals surface area contributed by atoms with Gasteiger partial charge < -0.3 is 4.74 Å². The Morgan fingerprint density at radius 1 is 1.26 bits per heavy atom. The molecule has 1 atom stereocenters. The van der Waals surface area contributed by atoms with Gasteiger partial charge in [-0.3, -0.25) is 4.79 Å². The molecule has 2 rings (SSSR count). The van der Waals surface area contributed by atoms with Gasteiger partial charge in [-0.15, -0.1) is 0 Å². The zero-order valence-electron chi connectivity index (χ0n) is 12.2. The highest BCUT2D eigenvalue weighted by atomic mass is 16.5. The third-order valence-electron chi connectivity index (χ3n) is 3.98. The van der Waals surface area contributed by atoms with Gasteiger partial charge in [0, 0.05) is 12.2 Å². The Bertz CT molecular complexity index is 415. The van der Waals surface area contributed by atoms with E-state index >= 15 is 0 Å². The molecule has 1 aromatic carbocycles. The quantitative estimate of drug-likeness (QED) is 0.717.